The maximum atomic E-state index is 12.2. The summed E-state index contributed by atoms with van der Waals surface area (Å²) in [7, 11) is -3.97. The van der Waals surface area contributed by atoms with Gasteiger partial charge in [0.2, 0.25) is 0 Å². The molecule has 0 saturated heterocycles. The topological polar surface area (TPSA) is 55.4 Å². The van der Waals surface area contributed by atoms with Crippen molar-refractivity contribution in [3.8, 4) is 0 Å². The number of halogens is 13. The van der Waals surface area contributed by atoms with E-state index in [2.05, 4.69) is 29.1 Å². The smallest absolute Gasteiger partial charge is 0.223 e. The lowest BCUT2D eigenvalue weighted by Crippen LogP contribution is -2.45. The predicted molar refractivity (Wildman–Crippen MR) is 40.3 cm³/mol. The second-order valence-corrected chi connectivity index (χ2v) is 3.30. The first-order chi connectivity index (χ1) is 10.8. The fourth-order valence-corrected chi connectivity index (χ4v) is 0.436. The number of hydrogen-bond acceptors (Lipinski definition) is 6. The average molecular weight is 414 g/mol. The molecule has 0 fully saturated rings. The summed E-state index contributed by atoms with van der Waals surface area (Å²) >= 11 is 0. The van der Waals surface area contributed by atoms with Crippen LogP contribution in [-0.4, -0.2) is 38.3 Å². The summed E-state index contributed by atoms with van der Waals surface area (Å²) in [6, 6.07) is 0. The van der Waals surface area contributed by atoms with E-state index in [4.69, 9.17) is 0 Å². The van der Waals surface area contributed by atoms with Crippen LogP contribution in [0.4, 0.5) is 57.1 Å². The molecule has 0 heterocycles. The summed E-state index contributed by atoms with van der Waals surface area (Å²) < 4.78 is 153. The van der Waals surface area contributed by atoms with Crippen LogP contribution in [0.5, 0.6) is 0 Å². The molecule has 0 aliphatic rings. The third kappa shape index (κ3) is 8.22. The van der Waals surface area contributed by atoms with Gasteiger partial charge in [-0.25, -0.2) is 14.4 Å². The van der Waals surface area contributed by atoms with Crippen LogP contribution in [0, 0.1) is 0 Å². The highest BCUT2D eigenvalue weighted by atomic mass is 19.4. The zero-order valence-electron chi connectivity index (χ0n) is 10.4. The van der Waals surface area contributed by atoms with Crippen molar-refractivity contribution in [1.29, 1.82) is 0 Å². The summed E-state index contributed by atoms with van der Waals surface area (Å²) in [5, 5.41) is 0. The monoisotopic (exact) mass is 414 g/mol. The van der Waals surface area contributed by atoms with Gasteiger partial charge in [-0.05, 0) is 0 Å². The van der Waals surface area contributed by atoms with Crippen LogP contribution in [0.2, 0.25) is 0 Å². The molecule has 0 aromatic carbocycles. The molecule has 6 nitrogen and oxygen atoms in total. The van der Waals surface area contributed by atoms with Crippen molar-refractivity contribution in [2.75, 3.05) is 0 Å². The number of hydrogen-bond donors (Lipinski definition) is 0. The molecule has 20 heteroatoms. The van der Waals surface area contributed by atoms with E-state index >= 15 is 0 Å². The average Bonchev–Trinajstić information content (AvgIpc) is 2.33. The first kappa shape index (κ1) is 23.9. The molecule has 0 rings (SSSR count). The molecule has 25 heavy (non-hydrogen) atoms. The summed E-state index contributed by atoms with van der Waals surface area (Å²) in [4.78, 5) is 14.7. The Morgan fingerprint density at radius 2 is 0.720 bits per heavy atom. The molecule has 0 aromatic rings. The minimum absolute atomic E-state index is 2.21. The molecule has 0 spiro atoms. The Bertz CT molecular complexity index is 387. The highest BCUT2D eigenvalue weighted by molar-refractivity contribution is 6.35. The molecule has 0 amide bonds. The molecule has 0 aliphatic heterocycles. The minimum Gasteiger partial charge on any atom is -0.223 e. The molecule has 0 bridgehead atoms. The summed E-state index contributed by atoms with van der Waals surface area (Å²) in [6.07, 6.45) is -31.5. The Hall–Kier alpha value is -1.09. The third-order valence-electron chi connectivity index (χ3n) is 1.34. The van der Waals surface area contributed by atoms with Gasteiger partial charge in [0.15, 0.2) is 0 Å². The van der Waals surface area contributed by atoms with Gasteiger partial charge in [0.1, 0.15) is 0 Å². The molecule has 0 radical (unpaired) electrons. The highest BCUT2D eigenvalue weighted by Gasteiger charge is 2.63. The standard InChI is InChI=1S/C5BF13O6/c7-1(8,9)3(13,14)20-23-6(25-22-5(17,18)19)24-21-4(15,16)2(10,11)12. The van der Waals surface area contributed by atoms with Crippen LogP contribution in [0.1, 0.15) is 0 Å². The largest absolute Gasteiger partial charge is 0.726 e. The maximum Gasteiger partial charge on any atom is 0.726 e. The van der Waals surface area contributed by atoms with Gasteiger partial charge >= 0.3 is 38.3 Å². The lowest BCUT2D eigenvalue weighted by atomic mass is 10.3. The second kappa shape index (κ2) is 7.66. The summed E-state index contributed by atoms with van der Waals surface area (Å²) in [6.45, 7) is 0. The van der Waals surface area contributed by atoms with Crippen LogP contribution < -0.4 is 0 Å². The van der Waals surface area contributed by atoms with Gasteiger partial charge in [-0.1, -0.05) is 0 Å². The van der Waals surface area contributed by atoms with Gasteiger partial charge in [0.05, 0.1) is 0 Å². The number of rotatable bonds is 8. The summed E-state index contributed by atoms with van der Waals surface area (Å²) in [5.74, 6) is 0. The Morgan fingerprint density at radius 1 is 0.440 bits per heavy atom. The maximum absolute atomic E-state index is 12.2. The predicted octanol–water partition coefficient (Wildman–Crippen LogP) is 3.65. The van der Waals surface area contributed by atoms with Crippen molar-refractivity contribution in [2.45, 2.75) is 30.9 Å². The Morgan fingerprint density at radius 3 is 0.960 bits per heavy atom. The molecule has 0 atom stereocenters. The molecule has 0 aromatic heterocycles. The fourth-order valence-electron chi connectivity index (χ4n) is 0.436. The Labute approximate surface area is 126 Å². The van der Waals surface area contributed by atoms with E-state index in [9.17, 15) is 57.1 Å². The van der Waals surface area contributed by atoms with E-state index in [0.717, 1.165) is 0 Å². The van der Waals surface area contributed by atoms with E-state index in [0.29, 0.717) is 0 Å². The lowest BCUT2D eigenvalue weighted by molar-refractivity contribution is -0.528. The second-order valence-electron chi connectivity index (χ2n) is 3.30. The quantitative estimate of drug-likeness (QED) is 0.262. The SMILES string of the molecule is FC(F)(F)OOB(OOC(F)(F)C(F)(F)F)OOC(F)(F)C(F)(F)F. The van der Waals surface area contributed by atoms with Crippen molar-refractivity contribution >= 4 is 7.32 Å². The Balaban J connectivity index is 4.94. The molecule has 0 unspecified atom stereocenters. The van der Waals surface area contributed by atoms with Gasteiger partial charge in [-0.15, -0.1) is 18.1 Å². The van der Waals surface area contributed by atoms with E-state index in [-0.39, 0.29) is 0 Å². The molecular formula is C5BF13O6. The molecule has 0 aliphatic carbocycles. The van der Waals surface area contributed by atoms with Gasteiger partial charge in [-0.3, -0.25) is 0 Å². The van der Waals surface area contributed by atoms with E-state index in [1.54, 1.807) is 0 Å². The molecule has 0 saturated carbocycles. The normalized spacial score (nSPS) is 14.8. The van der Waals surface area contributed by atoms with Crippen molar-refractivity contribution in [2.24, 2.45) is 0 Å². The first-order valence-electron chi connectivity index (χ1n) is 4.78. The van der Waals surface area contributed by atoms with E-state index in [1.807, 2.05) is 0 Å². The fraction of sp³-hybridized carbons (Fsp3) is 1.00. The zero-order chi connectivity index (χ0) is 20.3. The van der Waals surface area contributed by atoms with Gasteiger partial charge in [0.25, 0.3) is 0 Å². The van der Waals surface area contributed by atoms with Crippen LogP contribution >= 0.6 is 0 Å². The Kier molecular flexibility index (Phi) is 7.32. The highest BCUT2D eigenvalue weighted by Crippen LogP contribution is 2.38. The van der Waals surface area contributed by atoms with E-state index < -0.39 is 38.3 Å². The van der Waals surface area contributed by atoms with Crippen LogP contribution in [-0.2, 0) is 29.1 Å². The van der Waals surface area contributed by atoms with Crippen LogP contribution in [0.25, 0.3) is 0 Å². The molecule has 0 N–H and O–H groups in total. The van der Waals surface area contributed by atoms with Crippen molar-refractivity contribution in [1.82, 2.24) is 0 Å². The van der Waals surface area contributed by atoms with Crippen molar-refractivity contribution in [3.63, 3.8) is 0 Å². The van der Waals surface area contributed by atoms with Crippen molar-refractivity contribution < 1.29 is 86.2 Å². The van der Waals surface area contributed by atoms with Crippen LogP contribution in [0.15, 0.2) is 0 Å². The van der Waals surface area contributed by atoms with Gasteiger partial charge < -0.3 is 0 Å². The van der Waals surface area contributed by atoms with Crippen molar-refractivity contribution in [3.05, 3.63) is 0 Å². The van der Waals surface area contributed by atoms with E-state index in [1.165, 1.54) is 0 Å². The molecule has 150 valence electrons. The lowest BCUT2D eigenvalue weighted by Gasteiger charge is -2.21. The molecular weight excluding hydrogens is 414 g/mol. The van der Waals surface area contributed by atoms with Gasteiger partial charge in [-0.2, -0.15) is 53.7 Å². The summed E-state index contributed by atoms with van der Waals surface area (Å²) in [5.41, 5.74) is 0. The first-order valence-corrected chi connectivity index (χ1v) is 4.78. The third-order valence-corrected chi connectivity index (χ3v) is 1.34. The number of alkyl halides is 13. The minimum atomic E-state index is -6.54. The zero-order valence-corrected chi connectivity index (χ0v) is 10.4. The van der Waals surface area contributed by atoms with Gasteiger partial charge in [0, 0.05) is 0 Å². The van der Waals surface area contributed by atoms with Crippen LogP contribution in [0.3, 0.4) is 0 Å².